The first-order valence-electron chi connectivity index (χ1n) is 9.74. The van der Waals surface area contributed by atoms with Gasteiger partial charge >= 0.3 is 0 Å². The molecule has 0 aromatic heterocycles. The van der Waals surface area contributed by atoms with Gasteiger partial charge in [-0.3, -0.25) is 14.9 Å². The second-order valence-corrected chi connectivity index (χ2v) is 9.54. The summed E-state index contributed by atoms with van der Waals surface area (Å²) in [6.07, 6.45) is 0.130. The van der Waals surface area contributed by atoms with Crippen LogP contribution in [-0.4, -0.2) is 17.3 Å². The van der Waals surface area contributed by atoms with E-state index in [0.29, 0.717) is 5.56 Å². The van der Waals surface area contributed by atoms with Crippen molar-refractivity contribution in [1.29, 1.82) is 0 Å². The molecule has 2 rings (SSSR count). The SMILES string of the molecule is CC(C)(C)c1ccc(C(=O)CC(C[N+](=O)[O-])c2ccc(C(C)(C)C)cc2)cc1. The van der Waals surface area contributed by atoms with Crippen molar-refractivity contribution < 1.29 is 9.72 Å². The Morgan fingerprint density at radius 2 is 1.29 bits per heavy atom. The van der Waals surface area contributed by atoms with Gasteiger partial charge in [0.25, 0.3) is 0 Å². The fourth-order valence-corrected chi connectivity index (χ4v) is 3.22. The van der Waals surface area contributed by atoms with Crippen LogP contribution in [0.1, 0.15) is 80.9 Å². The Morgan fingerprint density at radius 3 is 1.68 bits per heavy atom. The standard InChI is InChI=1S/C24H31NO3/c1-23(2,3)20-11-7-17(8-12-20)19(16-25(27)28)15-22(26)18-9-13-21(14-10-18)24(4,5)6/h7-14,19H,15-16H2,1-6H3. The van der Waals surface area contributed by atoms with Crippen LogP contribution in [0.4, 0.5) is 0 Å². The van der Waals surface area contributed by atoms with Crippen molar-refractivity contribution in [2.24, 2.45) is 0 Å². The van der Waals surface area contributed by atoms with E-state index in [4.69, 9.17) is 0 Å². The third-order valence-electron chi connectivity index (χ3n) is 5.12. The maximum atomic E-state index is 12.8. The molecule has 2 aromatic carbocycles. The normalized spacial score (nSPS) is 13.2. The molecule has 1 unspecified atom stereocenters. The monoisotopic (exact) mass is 381 g/mol. The minimum absolute atomic E-state index is 0.0156. The van der Waals surface area contributed by atoms with Gasteiger partial charge in [0.15, 0.2) is 5.78 Å². The highest BCUT2D eigenvalue weighted by Gasteiger charge is 2.23. The first-order chi connectivity index (χ1) is 12.9. The van der Waals surface area contributed by atoms with Crippen LogP contribution in [0, 0.1) is 10.1 Å². The number of carbonyl (C=O) groups is 1. The first-order valence-corrected chi connectivity index (χ1v) is 9.74. The first kappa shape index (κ1) is 21.8. The van der Waals surface area contributed by atoms with E-state index >= 15 is 0 Å². The van der Waals surface area contributed by atoms with Crippen LogP contribution < -0.4 is 0 Å². The summed E-state index contributed by atoms with van der Waals surface area (Å²) in [6, 6.07) is 15.4. The average Bonchev–Trinajstić information content (AvgIpc) is 2.59. The summed E-state index contributed by atoms with van der Waals surface area (Å²) in [4.78, 5) is 23.6. The molecule has 0 amide bonds. The van der Waals surface area contributed by atoms with Gasteiger partial charge in [-0.2, -0.15) is 0 Å². The van der Waals surface area contributed by atoms with E-state index in [-0.39, 0.29) is 34.5 Å². The van der Waals surface area contributed by atoms with Crippen LogP contribution in [0.2, 0.25) is 0 Å². The molecule has 0 aliphatic carbocycles. The van der Waals surface area contributed by atoms with Crippen molar-refractivity contribution in [3.63, 3.8) is 0 Å². The van der Waals surface area contributed by atoms with Gasteiger partial charge < -0.3 is 0 Å². The van der Waals surface area contributed by atoms with Crippen LogP contribution in [0.25, 0.3) is 0 Å². The molecular weight excluding hydrogens is 350 g/mol. The molecule has 150 valence electrons. The van der Waals surface area contributed by atoms with Gasteiger partial charge in [0, 0.05) is 16.9 Å². The average molecular weight is 382 g/mol. The highest BCUT2D eigenvalue weighted by atomic mass is 16.6. The molecule has 2 aromatic rings. The third kappa shape index (κ3) is 5.75. The Hall–Kier alpha value is -2.49. The summed E-state index contributed by atoms with van der Waals surface area (Å²) in [7, 11) is 0. The van der Waals surface area contributed by atoms with Gasteiger partial charge in [-0.05, 0) is 27.5 Å². The molecule has 0 radical (unpaired) electrons. The van der Waals surface area contributed by atoms with Crippen LogP contribution in [0.3, 0.4) is 0 Å². The Labute approximate surface area is 168 Å². The Kier molecular flexibility index (Phi) is 6.43. The number of nitro groups is 1. The summed E-state index contributed by atoms with van der Waals surface area (Å²) in [5.74, 6) is -0.494. The molecule has 0 N–H and O–H groups in total. The molecule has 0 aliphatic heterocycles. The van der Waals surface area contributed by atoms with Gasteiger partial charge in [-0.15, -0.1) is 0 Å². The van der Waals surface area contributed by atoms with Crippen molar-refractivity contribution in [2.75, 3.05) is 6.54 Å². The van der Waals surface area contributed by atoms with Crippen molar-refractivity contribution in [3.8, 4) is 0 Å². The van der Waals surface area contributed by atoms with E-state index in [0.717, 1.165) is 11.1 Å². The minimum Gasteiger partial charge on any atom is -0.294 e. The summed E-state index contributed by atoms with van der Waals surface area (Å²) in [5, 5.41) is 11.2. The maximum Gasteiger partial charge on any atom is 0.211 e. The highest BCUT2D eigenvalue weighted by Crippen LogP contribution is 2.28. The zero-order chi connectivity index (χ0) is 21.1. The number of hydrogen-bond acceptors (Lipinski definition) is 3. The molecule has 0 aliphatic rings. The number of ketones is 1. The summed E-state index contributed by atoms with van der Waals surface area (Å²) >= 11 is 0. The number of Topliss-reactive ketones (excluding diaryl/α,β-unsaturated/α-hetero) is 1. The Morgan fingerprint density at radius 1 is 0.857 bits per heavy atom. The summed E-state index contributed by atoms with van der Waals surface area (Å²) < 4.78 is 0. The maximum absolute atomic E-state index is 12.8. The number of rotatable bonds is 6. The van der Waals surface area contributed by atoms with Crippen molar-refractivity contribution in [1.82, 2.24) is 0 Å². The molecule has 0 saturated carbocycles. The van der Waals surface area contributed by atoms with Crippen molar-refractivity contribution >= 4 is 5.78 Å². The van der Waals surface area contributed by atoms with Gasteiger partial charge in [-0.25, -0.2) is 0 Å². The van der Waals surface area contributed by atoms with Gasteiger partial charge in [0.05, 0.1) is 5.92 Å². The fraction of sp³-hybridized carbons (Fsp3) is 0.458. The minimum atomic E-state index is -0.432. The fourth-order valence-electron chi connectivity index (χ4n) is 3.22. The van der Waals surface area contributed by atoms with E-state index in [1.54, 1.807) is 0 Å². The molecular formula is C24H31NO3. The smallest absolute Gasteiger partial charge is 0.211 e. The second-order valence-electron chi connectivity index (χ2n) is 9.54. The van der Waals surface area contributed by atoms with Crippen molar-refractivity contribution in [3.05, 3.63) is 80.9 Å². The largest absolute Gasteiger partial charge is 0.294 e. The van der Waals surface area contributed by atoms with E-state index in [1.165, 1.54) is 5.56 Å². The van der Waals surface area contributed by atoms with Crippen LogP contribution >= 0.6 is 0 Å². The number of hydrogen-bond donors (Lipinski definition) is 0. The lowest BCUT2D eigenvalue weighted by Gasteiger charge is -2.21. The molecule has 4 heteroatoms. The third-order valence-corrected chi connectivity index (χ3v) is 5.12. The molecule has 0 bridgehead atoms. The molecule has 0 saturated heterocycles. The quantitative estimate of drug-likeness (QED) is 0.355. The van der Waals surface area contributed by atoms with Gasteiger partial charge in [0.1, 0.15) is 0 Å². The second kappa shape index (κ2) is 8.26. The molecule has 0 heterocycles. The van der Waals surface area contributed by atoms with Crippen LogP contribution in [0.15, 0.2) is 48.5 Å². The molecule has 0 spiro atoms. The lowest BCUT2D eigenvalue weighted by Crippen LogP contribution is -2.18. The number of carbonyl (C=O) groups excluding carboxylic acids is 1. The predicted octanol–water partition coefficient (Wildman–Crippen LogP) is 5.91. The van der Waals surface area contributed by atoms with Crippen LogP contribution in [-0.2, 0) is 10.8 Å². The summed E-state index contributed by atoms with van der Waals surface area (Å²) in [6.45, 7) is 12.5. The van der Waals surface area contributed by atoms with E-state index in [1.807, 2.05) is 48.5 Å². The Balaban J connectivity index is 2.22. The lowest BCUT2D eigenvalue weighted by molar-refractivity contribution is -0.483. The zero-order valence-electron chi connectivity index (χ0n) is 17.8. The summed E-state index contributed by atoms with van der Waals surface area (Å²) in [5.41, 5.74) is 3.80. The highest BCUT2D eigenvalue weighted by molar-refractivity contribution is 5.96. The molecule has 1 atom stereocenters. The predicted molar refractivity (Wildman–Crippen MR) is 114 cm³/mol. The van der Waals surface area contributed by atoms with Gasteiger partial charge in [-0.1, -0.05) is 90.1 Å². The van der Waals surface area contributed by atoms with E-state index < -0.39 is 5.92 Å². The van der Waals surface area contributed by atoms with E-state index in [9.17, 15) is 14.9 Å². The van der Waals surface area contributed by atoms with Gasteiger partial charge in [0.2, 0.25) is 6.54 Å². The van der Waals surface area contributed by atoms with Crippen LogP contribution in [0.5, 0.6) is 0 Å². The topological polar surface area (TPSA) is 60.2 Å². The number of benzene rings is 2. The zero-order valence-corrected chi connectivity index (χ0v) is 17.8. The van der Waals surface area contributed by atoms with E-state index in [2.05, 4.69) is 41.5 Å². The molecule has 4 nitrogen and oxygen atoms in total. The van der Waals surface area contributed by atoms with Crippen molar-refractivity contribution in [2.45, 2.75) is 64.7 Å². The lowest BCUT2D eigenvalue weighted by atomic mass is 9.84. The molecule has 28 heavy (non-hydrogen) atoms. The Bertz CT molecular complexity index is 822. The number of nitrogens with zero attached hydrogens (tertiary/aromatic N) is 1. The molecule has 0 fully saturated rings.